The summed E-state index contributed by atoms with van der Waals surface area (Å²) < 4.78 is 50.2. The number of aromatic nitrogens is 2. The summed E-state index contributed by atoms with van der Waals surface area (Å²) >= 11 is 0. The van der Waals surface area contributed by atoms with Gasteiger partial charge in [0.25, 0.3) is 0 Å². The summed E-state index contributed by atoms with van der Waals surface area (Å²) in [6.45, 7) is 5.69. The zero-order valence-electron chi connectivity index (χ0n) is 21.5. The average molecular weight is 516 g/mol. The number of benzene rings is 2. The second kappa shape index (κ2) is 11.5. The second-order valence-electron chi connectivity index (χ2n) is 8.80. The van der Waals surface area contributed by atoms with Gasteiger partial charge in [0.15, 0.2) is 28.9 Å². The van der Waals surface area contributed by atoms with Gasteiger partial charge in [0.1, 0.15) is 12.4 Å². The lowest BCUT2D eigenvalue weighted by molar-refractivity contribution is 0.280. The van der Waals surface area contributed by atoms with Crippen LogP contribution in [-0.4, -0.2) is 56.5 Å². The number of hydrogen-bond acceptors (Lipinski definition) is 9. The van der Waals surface area contributed by atoms with Crippen LogP contribution in [0.5, 0.6) is 23.0 Å². The van der Waals surface area contributed by atoms with Crippen LogP contribution in [0.25, 0.3) is 0 Å². The van der Waals surface area contributed by atoms with Crippen LogP contribution < -0.4 is 34.5 Å². The van der Waals surface area contributed by atoms with E-state index in [0.717, 1.165) is 36.3 Å². The van der Waals surface area contributed by atoms with Crippen molar-refractivity contribution in [3.63, 3.8) is 0 Å². The first-order valence-electron chi connectivity index (χ1n) is 11.8. The van der Waals surface area contributed by atoms with Crippen molar-refractivity contribution in [2.75, 3.05) is 44.6 Å². The molecule has 1 aliphatic rings. The molecule has 1 aromatic heterocycles. The van der Waals surface area contributed by atoms with Gasteiger partial charge in [-0.15, -0.1) is 0 Å². The van der Waals surface area contributed by atoms with Gasteiger partial charge >= 0.3 is 0 Å². The van der Waals surface area contributed by atoms with Gasteiger partial charge in [-0.3, -0.25) is 0 Å². The van der Waals surface area contributed by atoms with Gasteiger partial charge in [-0.05, 0) is 26.0 Å². The molecule has 2 heterocycles. The summed E-state index contributed by atoms with van der Waals surface area (Å²) in [5.41, 5.74) is 1.45. The van der Waals surface area contributed by atoms with Crippen LogP contribution in [0.1, 0.15) is 19.4 Å². The Morgan fingerprint density at radius 1 is 0.919 bits per heavy atom. The van der Waals surface area contributed by atoms with E-state index < -0.39 is 18.2 Å². The Balaban J connectivity index is 1.43. The molecule has 2 N–H and O–H groups in total. The lowest BCUT2D eigenvalue weighted by Crippen LogP contribution is -2.54. The van der Waals surface area contributed by atoms with E-state index in [-0.39, 0.29) is 22.8 Å². The minimum absolute atomic E-state index is 0.143. The van der Waals surface area contributed by atoms with Gasteiger partial charge in [-0.2, -0.15) is 0 Å². The Kier molecular flexibility index (Phi) is 8.12. The van der Waals surface area contributed by atoms with Gasteiger partial charge in [0, 0.05) is 43.0 Å². The van der Waals surface area contributed by atoms with Crippen molar-refractivity contribution in [2.45, 2.75) is 32.5 Å². The molecule has 0 spiro atoms. The SMILES string of the molecule is COc1cc(Nc2ncc(OCc3c(F)c(OC)cc(OC)c3F)cn2)ccc1N1C[C@@H](C)N[C@@H](C)C1. The van der Waals surface area contributed by atoms with E-state index in [0.29, 0.717) is 18.0 Å². The zero-order chi connectivity index (χ0) is 26.5. The fourth-order valence-electron chi connectivity index (χ4n) is 4.34. The van der Waals surface area contributed by atoms with E-state index in [1.54, 1.807) is 7.11 Å². The van der Waals surface area contributed by atoms with Crippen molar-refractivity contribution >= 4 is 17.3 Å². The Labute approximate surface area is 214 Å². The van der Waals surface area contributed by atoms with Crippen molar-refractivity contribution in [2.24, 2.45) is 0 Å². The molecule has 0 unspecified atom stereocenters. The molecule has 9 nitrogen and oxygen atoms in total. The highest BCUT2D eigenvalue weighted by Crippen LogP contribution is 2.34. The molecule has 1 saturated heterocycles. The van der Waals surface area contributed by atoms with Crippen molar-refractivity contribution in [3.8, 4) is 23.0 Å². The molecule has 4 rings (SSSR count). The third-order valence-electron chi connectivity index (χ3n) is 6.01. The first-order valence-corrected chi connectivity index (χ1v) is 11.8. The minimum atomic E-state index is -0.859. The standard InChI is InChI=1S/C26H31F2N5O4/c1-15-12-33(13-16(2)31-15)20-7-6-17(8-21(20)34-3)32-26-29-10-18(11-30-26)37-14-19-24(27)22(35-4)9-23(36-5)25(19)28/h6-11,15-16,31H,12-14H2,1-5H3,(H,29,30,32)/t15-,16+. The zero-order valence-corrected chi connectivity index (χ0v) is 21.5. The number of ether oxygens (including phenoxy) is 4. The highest BCUT2D eigenvalue weighted by atomic mass is 19.1. The Bertz CT molecular complexity index is 1190. The monoisotopic (exact) mass is 515 g/mol. The number of nitrogens with zero attached hydrogens (tertiary/aromatic N) is 3. The molecule has 1 aliphatic heterocycles. The third-order valence-corrected chi connectivity index (χ3v) is 6.01. The van der Waals surface area contributed by atoms with Crippen LogP contribution in [-0.2, 0) is 6.61 Å². The fourth-order valence-corrected chi connectivity index (χ4v) is 4.34. The number of anilines is 3. The van der Waals surface area contributed by atoms with Gasteiger partial charge < -0.3 is 34.5 Å². The molecule has 0 amide bonds. The Morgan fingerprint density at radius 2 is 1.51 bits per heavy atom. The number of nitrogens with one attached hydrogen (secondary N) is 2. The average Bonchev–Trinajstić information content (AvgIpc) is 2.89. The number of rotatable bonds is 9. The largest absolute Gasteiger partial charge is 0.495 e. The first-order chi connectivity index (χ1) is 17.8. The van der Waals surface area contributed by atoms with Gasteiger partial charge in [-0.25, -0.2) is 18.7 Å². The number of methoxy groups -OCH3 is 3. The second-order valence-corrected chi connectivity index (χ2v) is 8.80. The third kappa shape index (κ3) is 5.93. The molecule has 0 radical (unpaired) electrons. The lowest BCUT2D eigenvalue weighted by atomic mass is 10.1. The molecule has 2 aromatic carbocycles. The maximum Gasteiger partial charge on any atom is 0.227 e. The van der Waals surface area contributed by atoms with Gasteiger partial charge in [0.2, 0.25) is 5.95 Å². The maximum absolute atomic E-state index is 14.5. The normalized spacial score (nSPS) is 17.3. The number of halogens is 2. The molecule has 0 saturated carbocycles. The van der Waals surface area contributed by atoms with Crippen molar-refractivity contribution < 1.29 is 27.7 Å². The van der Waals surface area contributed by atoms with Crippen LogP contribution in [0.3, 0.4) is 0 Å². The molecule has 0 bridgehead atoms. The molecule has 37 heavy (non-hydrogen) atoms. The van der Waals surface area contributed by atoms with Crippen LogP contribution in [0.15, 0.2) is 36.7 Å². The van der Waals surface area contributed by atoms with Gasteiger partial charge in [0.05, 0.1) is 45.0 Å². The van der Waals surface area contributed by atoms with E-state index in [9.17, 15) is 8.78 Å². The summed E-state index contributed by atoms with van der Waals surface area (Å²) in [5.74, 6) is -0.702. The van der Waals surface area contributed by atoms with E-state index >= 15 is 0 Å². The minimum Gasteiger partial charge on any atom is -0.495 e. The Hall–Kier alpha value is -3.86. The van der Waals surface area contributed by atoms with Crippen LogP contribution in [0.4, 0.5) is 26.1 Å². The topological polar surface area (TPSA) is 90.0 Å². The summed E-state index contributed by atoms with van der Waals surface area (Å²) in [7, 11) is 4.22. The lowest BCUT2D eigenvalue weighted by Gasteiger charge is -2.38. The van der Waals surface area contributed by atoms with Gasteiger partial charge in [-0.1, -0.05) is 0 Å². The number of hydrogen-bond donors (Lipinski definition) is 2. The van der Waals surface area contributed by atoms with Crippen molar-refractivity contribution in [1.82, 2.24) is 15.3 Å². The van der Waals surface area contributed by atoms with Crippen LogP contribution in [0, 0.1) is 11.6 Å². The van der Waals surface area contributed by atoms with Crippen molar-refractivity contribution in [1.29, 1.82) is 0 Å². The smallest absolute Gasteiger partial charge is 0.227 e. The predicted molar refractivity (Wildman–Crippen MR) is 136 cm³/mol. The van der Waals surface area contributed by atoms with Crippen molar-refractivity contribution in [3.05, 3.63) is 53.9 Å². The van der Waals surface area contributed by atoms with E-state index in [4.69, 9.17) is 18.9 Å². The Morgan fingerprint density at radius 3 is 2.08 bits per heavy atom. The molecule has 11 heteroatoms. The molecule has 3 aromatic rings. The first kappa shape index (κ1) is 26.2. The number of piperazine rings is 1. The maximum atomic E-state index is 14.5. The highest BCUT2D eigenvalue weighted by molar-refractivity contribution is 5.67. The molecule has 1 fully saturated rings. The summed E-state index contributed by atoms with van der Waals surface area (Å²) in [5, 5.41) is 6.66. The highest BCUT2D eigenvalue weighted by Gasteiger charge is 2.24. The quantitative estimate of drug-likeness (QED) is 0.433. The summed E-state index contributed by atoms with van der Waals surface area (Å²) in [6, 6.07) is 7.73. The van der Waals surface area contributed by atoms with Crippen LogP contribution in [0.2, 0.25) is 0 Å². The molecular weight excluding hydrogens is 484 g/mol. The molecule has 198 valence electrons. The predicted octanol–water partition coefficient (Wildman–Crippen LogP) is 4.29. The molecule has 0 aliphatic carbocycles. The van der Waals surface area contributed by atoms with E-state index in [1.807, 2.05) is 18.2 Å². The fraction of sp³-hybridized carbons (Fsp3) is 0.385. The van der Waals surface area contributed by atoms with E-state index in [2.05, 4.69) is 39.3 Å². The molecule has 2 atom stereocenters. The summed E-state index contributed by atoms with van der Waals surface area (Å²) in [4.78, 5) is 10.8. The summed E-state index contributed by atoms with van der Waals surface area (Å²) in [6.07, 6.45) is 2.83. The van der Waals surface area contributed by atoms with Crippen LogP contribution >= 0.6 is 0 Å². The molecular formula is C26H31F2N5O4. The van der Waals surface area contributed by atoms with E-state index in [1.165, 1.54) is 26.6 Å².